The van der Waals surface area contributed by atoms with Crippen molar-refractivity contribution in [2.45, 2.75) is 39.3 Å². The van der Waals surface area contributed by atoms with Crippen molar-refractivity contribution >= 4 is 17.4 Å². The standard InChI is InChI=1S/C18H22ClN3O3/c1-12(19)13(2)24-14-6-8-15(9-7-14)25-17(16(23)18(3,4)5)22-11-20-10-21-22/h6-12,17H,2H2,1,3-5H3. The Labute approximate surface area is 152 Å². The molecule has 2 rings (SSSR count). The van der Waals surface area contributed by atoms with E-state index in [2.05, 4.69) is 16.7 Å². The molecule has 0 saturated heterocycles. The third kappa shape index (κ3) is 5.06. The van der Waals surface area contributed by atoms with Crippen molar-refractivity contribution in [3.05, 3.63) is 49.3 Å². The summed E-state index contributed by atoms with van der Waals surface area (Å²) in [6.07, 6.45) is 1.92. The quantitative estimate of drug-likeness (QED) is 0.549. The SMILES string of the molecule is C=C(Oc1ccc(OC(C(=O)C(C)(C)C)n2cncn2)cc1)C(C)Cl. The fourth-order valence-corrected chi connectivity index (χ4v) is 1.93. The molecule has 134 valence electrons. The van der Waals surface area contributed by atoms with Gasteiger partial charge < -0.3 is 9.47 Å². The number of nitrogens with zero attached hydrogens (tertiary/aromatic N) is 3. The molecule has 25 heavy (non-hydrogen) atoms. The lowest BCUT2D eigenvalue weighted by Crippen LogP contribution is -2.34. The van der Waals surface area contributed by atoms with Gasteiger partial charge in [0.1, 0.15) is 29.9 Å². The van der Waals surface area contributed by atoms with Crippen LogP contribution in [0.2, 0.25) is 0 Å². The van der Waals surface area contributed by atoms with E-state index < -0.39 is 11.6 Å². The highest BCUT2D eigenvalue weighted by molar-refractivity contribution is 6.21. The molecule has 2 aromatic rings. The van der Waals surface area contributed by atoms with Gasteiger partial charge in [-0.15, -0.1) is 11.6 Å². The van der Waals surface area contributed by atoms with Crippen molar-refractivity contribution < 1.29 is 14.3 Å². The Kier molecular flexibility index (Phi) is 5.85. The number of ketones is 1. The van der Waals surface area contributed by atoms with Crippen LogP contribution in [0.25, 0.3) is 0 Å². The minimum absolute atomic E-state index is 0.109. The van der Waals surface area contributed by atoms with E-state index >= 15 is 0 Å². The van der Waals surface area contributed by atoms with Gasteiger partial charge in [-0.25, -0.2) is 9.67 Å². The van der Waals surface area contributed by atoms with Crippen LogP contribution in [0.15, 0.2) is 49.3 Å². The minimum atomic E-state index is -0.896. The van der Waals surface area contributed by atoms with E-state index in [0.717, 1.165) is 0 Å². The van der Waals surface area contributed by atoms with Crippen LogP contribution in [-0.2, 0) is 4.79 Å². The maximum absolute atomic E-state index is 12.7. The average Bonchev–Trinajstić information content (AvgIpc) is 3.06. The summed E-state index contributed by atoms with van der Waals surface area (Å²) in [4.78, 5) is 16.6. The molecule has 0 fully saturated rings. The molecule has 0 radical (unpaired) electrons. The molecular formula is C18H22ClN3O3. The zero-order chi connectivity index (χ0) is 18.6. The highest BCUT2D eigenvalue weighted by Gasteiger charge is 2.33. The molecule has 1 aromatic heterocycles. The number of carbonyl (C=O) groups is 1. The molecule has 0 spiro atoms. The van der Waals surface area contributed by atoms with Gasteiger partial charge in [-0.3, -0.25) is 4.79 Å². The van der Waals surface area contributed by atoms with Crippen LogP contribution in [-0.4, -0.2) is 25.9 Å². The maximum atomic E-state index is 12.7. The molecule has 2 unspecified atom stereocenters. The number of hydrogen-bond acceptors (Lipinski definition) is 5. The summed E-state index contributed by atoms with van der Waals surface area (Å²) in [5, 5.41) is 3.74. The lowest BCUT2D eigenvalue weighted by Gasteiger charge is -2.25. The summed E-state index contributed by atoms with van der Waals surface area (Å²) >= 11 is 5.91. The number of aromatic nitrogens is 3. The Morgan fingerprint density at radius 1 is 1.24 bits per heavy atom. The minimum Gasteiger partial charge on any atom is -0.461 e. The van der Waals surface area contributed by atoms with Crippen molar-refractivity contribution in [2.75, 3.05) is 0 Å². The molecule has 2 atom stereocenters. The first-order valence-electron chi connectivity index (χ1n) is 7.84. The Morgan fingerprint density at radius 2 is 1.84 bits per heavy atom. The summed E-state index contributed by atoms with van der Waals surface area (Å²) in [6, 6.07) is 6.86. The molecule has 0 aliphatic carbocycles. The third-order valence-electron chi connectivity index (χ3n) is 3.40. The van der Waals surface area contributed by atoms with Crippen molar-refractivity contribution in [3.63, 3.8) is 0 Å². The van der Waals surface area contributed by atoms with E-state index in [9.17, 15) is 4.79 Å². The van der Waals surface area contributed by atoms with Gasteiger partial charge in [0, 0.05) is 5.41 Å². The van der Waals surface area contributed by atoms with Gasteiger partial charge in [0.15, 0.2) is 0 Å². The van der Waals surface area contributed by atoms with E-state index in [1.54, 1.807) is 31.2 Å². The summed E-state index contributed by atoms with van der Waals surface area (Å²) in [7, 11) is 0. The Hall–Kier alpha value is -2.34. The lowest BCUT2D eigenvalue weighted by atomic mass is 9.90. The van der Waals surface area contributed by atoms with E-state index in [4.69, 9.17) is 21.1 Å². The van der Waals surface area contributed by atoms with Gasteiger partial charge in [-0.05, 0) is 31.2 Å². The molecule has 7 heteroatoms. The molecule has 0 saturated carbocycles. The van der Waals surface area contributed by atoms with E-state index in [0.29, 0.717) is 17.3 Å². The topological polar surface area (TPSA) is 66.2 Å². The van der Waals surface area contributed by atoms with Crippen LogP contribution in [0.1, 0.15) is 33.9 Å². The maximum Gasteiger partial charge on any atom is 0.252 e. The molecule has 0 aliphatic rings. The molecule has 1 aromatic carbocycles. The number of rotatable bonds is 7. The molecule has 6 nitrogen and oxygen atoms in total. The smallest absolute Gasteiger partial charge is 0.252 e. The fourth-order valence-electron chi connectivity index (χ4n) is 1.88. The first-order chi connectivity index (χ1) is 11.7. The highest BCUT2D eigenvalue weighted by atomic mass is 35.5. The summed E-state index contributed by atoms with van der Waals surface area (Å²) in [6.45, 7) is 11.0. The van der Waals surface area contributed by atoms with Crippen LogP contribution in [0.4, 0.5) is 0 Å². The predicted octanol–water partition coefficient (Wildman–Crippen LogP) is 3.99. The average molecular weight is 364 g/mol. The first-order valence-corrected chi connectivity index (χ1v) is 8.28. The van der Waals surface area contributed by atoms with E-state index in [-0.39, 0.29) is 11.2 Å². The van der Waals surface area contributed by atoms with E-state index in [1.807, 2.05) is 20.8 Å². The van der Waals surface area contributed by atoms with Gasteiger partial charge in [-0.2, -0.15) is 5.10 Å². The Morgan fingerprint density at radius 3 is 2.32 bits per heavy atom. The number of halogens is 1. The number of alkyl halides is 1. The summed E-state index contributed by atoms with van der Waals surface area (Å²) in [5.41, 5.74) is -0.589. The number of Topliss-reactive ketones (excluding diaryl/α,β-unsaturated/α-hetero) is 1. The molecule has 0 N–H and O–H groups in total. The molecular weight excluding hydrogens is 342 g/mol. The molecule has 0 aliphatic heterocycles. The zero-order valence-corrected chi connectivity index (χ0v) is 15.5. The number of carbonyl (C=O) groups excluding carboxylic acids is 1. The monoisotopic (exact) mass is 363 g/mol. The van der Waals surface area contributed by atoms with Crippen LogP contribution >= 0.6 is 11.6 Å². The predicted molar refractivity (Wildman–Crippen MR) is 95.7 cm³/mol. The summed E-state index contributed by atoms with van der Waals surface area (Å²) < 4.78 is 12.8. The van der Waals surface area contributed by atoms with Gasteiger partial charge in [0.05, 0.1) is 5.38 Å². The third-order valence-corrected chi connectivity index (χ3v) is 3.65. The van der Waals surface area contributed by atoms with Crippen molar-refractivity contribution in [1.29, 1.82) is 0 Å². The number of benzene rings is 1. The fraction of sp³-hybridized carbons (Fsp3) is 0.389. The Bertz CT molecular complexity index is 719. The van der Waals surface area contributed by atoms with Gasteiger partial charge in [-0.1, -0.05) is 27.4 Å². The second-order valence-corrected chi connectivity index (χ2v) is 7.27. The molecule has 1 heterocycles. The van der Waals surface area contributed by atoms with Crippen molar-refractivity contribution in [1.82, 2.24) is 14.8 Å². The second-order valence-electron chi connectivity index (χ2n) is 6.62. The van der Waals surface area contributed by atoms with Crippen molar-refractivity contribution in [2.24, 2.45) is 5.41 Å². The number of allylic oxidation sites excluding steroid dienone is 1. The first kappa shape index (κ1) is 19.0. The van der Waals surface area contributed by atoms with Gasteiger partial charge >= 0.3 is 0 Å². The normalized spacial score (nSPS) is 13.8. The number of hydrogen-bond donors (Lipinski definition) is 0. The van der Waals surface area contributed by atoms with Gasteiger partial charge in [0.2, 0.25) is 5.78 Å². The van der Waals surface area contributed by atoms with Crippen LogP contribution < -0.4 is 9.47 Å². The number of ether oxygens (including phenoxy) is 2. The summed E-state index contributed by atoms with van der Waals surface area (Å²) in [5.74, 6) is 1.45. The largest absolute Gasteiger partial charge is 0.461 e. The highest BCUT2D eigenvalue weighted by Crippen LogP contribution is 2.27. The van der Waals surface area contributed by atoms with Crippen LogP contribution in [0.5, 0.6) is 11.5 Å². The zero-order valence-electron chi connectivity index (χ0n) is 14.8. The second kappa shape index (κ2) is 7.70. The van der Waals surface area contributed by atoms with Crippen LogP contribution in [0.3, 0.4) is 0 Å². The molecule has 0 amide bonds. The van der Waals surface area contributed by atoms with Gasteiger partial charge in [0.25, 0.3) is 6.23 Å². The molecule has 0 bridgehead atoms. The van der Waals surface area contributed by atoms with Crippen molar-refractivity contribution in [3.8, 4) is 11.5 Å². The lowest BCUT2D eigenvalue weighted by molar-refractivity contribution is -0.138. The van der Waals surface area contributed by atoms with E-state index in [1.165, 1.54) is 17.3 Å². The van der Waals surface area contributed by atoms with Crippen LogP contribution in [0, 0.1) is 5.41 Å². The Balaban J connectivity index is 2.16.